The normalized spacial score (nSPS) is 17.2. The number of nitrogens with zero attached hydrogens (tertiary/aromatic N) is 5. The van der Waals surface area contributed by atoms with Gasteiger partial charge in [-0.15, -0.1) is 0 Å². The first kappa shape index (κ1) is 17.6. The van der Waals surface area contributed by atoms with Crippen LogP contribution in [0.3, 0.4) is 0 Å². The molecule has 3 aromatic rings. The first-order valence-electron chi connectivity index (χ1n) is 9.81. The van der Waals surface area contributed by atoms with Crippen molar-refractivity contribution in [2.24, 2.45) is 0 Å². The van der Waals surface area contributed by atoms with Crippen molar-refractivity contribution in [1.29, 1.82) is 0 Å². The minimum Gasteiger partial charge on any atom is -0.366 e. The summed E-state index contributed by atoms with van der Waals surface area (Å²) in [5, 5.41) is 2.97. The fourth-order valence-corrected chi connectivity index (χ4v) is 4.20. The van der Waals surface area contributed by atoms with Crippen LogP contribution in [0.1, 0.15) is 17.8 Å². The Bertz CT molecular complexity index is 1080. The Morgan fingerprint density at radius 3 is 2.83 bits per heavy atom. The summed E-state index contributed by atoms with van der Waals surface area (Å²) in [6.07, 6.45) is 4.26. The second-order valence-electron chi connectivity index (χ2n) is 7.56. The number of urea groups is 1. The predicted molar refractivity (Wildman–Crippen MR) is 113 cm³/mol. The third kappa shape index (κ3) is 3.08. The number of hydrogen-bond acceptors (Lipinski definition) is 5. The van der Waals surface area contributed by atoms with Gasteiger partial charge in [-0.2, -0.15) is 0 Å². The molecule has 5 heterocycles. The fraction of sp³-hybridized carbons (Fsp3) is 0.273. The average molecular weight is 386 g/mol. The number of hydrogen-bond donors (Lipinski definition) is 1. The zero-order valence-corrected chi connectivity index (χ0v) is 16.5. The van der Waals surface area contributed by atoms with Gasteiger partial charge in [-0.25, -0.2) is 9.78 Å². The molecule has 2 aliphatic heterocycles. The van der Waals surface area contributed by atoms with E-state index in [2.05, 4.69) is 26.3 Å². The third-order valence-electron chi connectivity index (χ3n) is 5.58. The summed E-state index contributed by atoms with van der Waals surface area (Å²) in [7, 11) is 0. The van der Waals surface area contributed by atoms with E-state index in [-0.39, 0.29) is 12.1 Å². The van der Waals surface area contributed by atoms with Crippen molar-refractivity contribution < 1.29 is 4.79 Å². The molecule has 0 spiro atoms. The second kappa shape index (κ2) is 6.84. The molecule has 0 unspecified atom stereocenters. The number of anilines is 3. The first-order chi connectivity index (χ1) is 14.1. The lowest BCUT2D eigenvalue weighted by molar-refractivity contribution is 0.255. The summed E-state index contributed by atoms with van der Waals surface area (Å²) in [5.74, 6) is 0.706. The largest absolute Gasteiger partial charge is 0.366 e. The first-order valence-corrected chi connectivity index (χ1v) is 9.81. The van der Waals surface area contributed by atoms with E-state index in [1.165, 1.54) is 0 Å². The van der Waals surface area contributed by atoms with Crippen LogP contribution in [0.15, 0.2) is 48.8 Å². The van der Waals surface area contributed by atoms with Crippen molar-refractivity contribution >= 4 is 23.2 Å². The molecule has 1 saturated heterocycles. The summed E-state index contributed by atoms with van der Waals surface area (Å²) in [6, 6.07) is 11.7. The van der Waals surface area contributed by atoms with Crippen LogP contribution in [-0.4, -0.2) is 40.1 Å². The monoisotopic (exact) mass is 386 g/mol. The Balaban J connectivity index is 1.55. The molecule has 7 heteroatoms. The highest BCUT2D eigenvalue weighted by atomic mass is 16.2. The van der Waals surface area contributed by atoms with E-state index in [9.17, 15) is 4.79 Å². The van der Waals surface area contributed by atoms with Crippen LogP contribution < -0.4 is 15.1 Å². The van der Waals surface area contributed by atoms with E-state index in [1.54, 1.807) is 18.5 Å². The van der Waals surface area contributed by atoms with Gasteiger partial charge in [0.2, 0.25) is 0 Å². The molecule has 5 rings (SSSR count). The number of fused-ring (bicyclic) bond motifs is 4. The number of carbonyl (C=O) groups excluding carboxylic acids is 1. The molecule has 0 aromatic carbocycles. The molecule has 3 aromatic heterocycles. The standard InChI is InChI=1S/C22H22N6O/c1-14-5-6-18(15(2)24-14)19-7-8-20-21(26-19)28(17-9-11-27(20)13-17)22(29)25-16-4-3-10-23-12-16/h3-8,10,12,17H,9,11,13H2,1-2H3,(H,25,29)/t17-/m0/s1. The van der Waals surface area contributed by atoms with E-state index in [0.717, 1.165) is 47.8 Å². The van der Waals surface area contributed by atoms with Crippen LogP contribution in [0.2, 0.25) is 0 Å². The second-order valence-corrected chi connectivity index (χ2v) is 7.56. The molecule has 7 nitrogen and oxygen atoms in total. The average Bonchev–Trinajstić information content (AvgIpc) is 3.13. The molecular weight excluding hydrogens is 364 g/mol. The summed E-state index contributed by atoms with van der Waals surface area (Å²) < 4.78 is 0. The highest BCUT2D eigenvalue weighted by Crippen LogP contribution is 2.40. The predicted octanol–water partition coefficient (Wildman–Crippen LogP) is 3.79. The molecule has 2 amide bonds. The maximum absolute atomic E-state index is 13.2. The van der Waals surface area contributed by atoms with Crippen LogP contribution in [-0.2, 0) is 0 Å². The van der Waals surface area contributed by atoms with Gasteiger partial charge in [0.15, 0.2) is 5.82 Å². The van der Waals surface area contributed by atoms with Gasteiger partial charge in [0.1, 0.15) is 0 Å². The van der Waals surface area contributed by atoms with Gasteiger partial charge < -0.3 is 10.2 Å². The summed E-state index contributed by atoms with van der Waals surface area (Å²) in [5.41, 5.74) is 5.40. The summed E-state index contributed by atoms with van der Waals surface area (Å²) in [4.78, 5) is 30.9. The van der Waals surface area contributed by atoms with E-state index in [1.807, 2.05) is 43.0 Å². The van der Waals surface area contributed by atoms with Crippen molar-refractivity contribution in [3.8, 4) is 11.3 Å². The molecule has 1 fully saturated rings. The van der Waals surface area contributed by atoms with Gasteiger partial charge in [0.25, 0.3) is 0 Å². The topological polar surface area (TPSA) is 74.2 Å². The lowest BCUT2D eigenvalue weighted by Crippen LogP contribution is -2.48. The Morgan fingerprint density at radius 1 is 1.14 bits per heavy atom. The number of amides is 2. The number of carbonyl (C=O) groups is 1. The van der Waals surface area contributed by atoms with E-state index >= 15 is 0 Å². The van der Waals surface area contributed by atoms with E-state index in [4.69, 9.17) is 4.98 Å². The van der Waals surface area contributed by atoms with Crippen molar-refractivity contribution in [3.05, 3.63) is 60.2 Å². The van der Waals surface area contributed by atoms with Gasteiger partial charge in [-0.05, 0) is 56.7 Å². The lowest BCUT2D eigenvalue weighted by Gasteiger charge is -2.36. The zero-order valence-electron chi connectivity index (χ0n) is 16.5. The van der Waals surface area contributed by atoms with E-state index in [0.29, 0.717) is 11.5 Å². The van der Waals surface area contributed by atoms with Crippen LogP contribution in [0, 0.1) is 13.8 Å². The van der Waals surface area contributed by atoms with Gasteiger partial charge in [0.05, 0.1) is 29.3 Å². The lowest BCUT2D eigenvalue weighted by atomic mass is 10.1. The molecule has 0 aliphatic carbocycles. The van der Waals surface area contributed by atoms with Crippen molar-refractivity contribution in [3.63, 3.8) is 0 Å². The molecule has 146 valence electrons. The smallest absolute Gasteiger partial charge is 0.327 e. The minimum atomic E-state index is -0.172. The van der Waals surface area contributed by atoms with Gasteiger partial charge in [0, 0.05) is 36.2 Å². The number of pyridine rings is 3. The number of nitrogens with one attached hydrogen (secondary N) is 1. The molecule has 2 bridgehead atoms. The maximum atomic E-state index is 13.2. The molecule has 1 N–H and O–H groups in total. The van der Waals surface area contributed by atoms with Crippen molar-refractivity contribution in [1.82, 2.24) is 15.0 Å². The van der Waals surface area contributed by atoms with Crippen LogP contribution in [0.5, 0.6) is 0 Å². The molecule has 0 radical (unpaired) electrons. The highest BCUT2D eigenvalue weighted by molar-refractivity contribution is 6.04. The van der Waals surface area contributed by atoms with Crippen LogP contribution in [0.4, 0.5) is 22.0 Å². The third-order valence-corrected chi connectivity index (χ3v) is 5.58. The fourth-order valence-electron chi connectivity index (χ4n) is 4.20. The Morgan fingerprint density at radius 2 is 2.03 bits per heavy atom. The molecule has 1 atom stereocenters. The maximum Gasteiger partial charge on any atom is 0.327 e. The molecule has 29 heavy (non-hydrogen) atoms. The molecular formula is C22H22N6O. The number of rotatable bonds is 2. The SMILES string of the molecule is Cc1ccc(-c2ccc3c(n2)N(C(=O)Nc2cccnc2)[C@H]2CCN3C2)c(C)n1. The van der Waals surface area contributed by atoms with Crippen molar-refractivity contribution in [2.45, 2.75) is 26.3 Å². The van der Waals surface area contributed by atoms with Gasteiger partial charge >= 0.3 is 6.03 Å². The summed E-state index contributed by atoms with van der Waals surface area (Å²) >= 11 is 0. The van der Waals surface area contributed by atoms with Crippen LogP contribution >= 0.6 is 0 Å². The number of aryl methyl sites for hydroxylation is 2. The molecule has 2 aliphatic rings. The molecule has 0 saturated carbocycles. The van der Waals surface area contributed by atoms with Crippen molar-refractivity contribution in [2.75, 3.05) is 28.2 Å². The zero-order chi connectivity index (χ0) is 20.0. The Labute approximate surface area is 169 Å². The quantitative estimate of drug-likeness (QED) is 0.725. The Kier molecular flexibility index (Phi) is 4.16. The van der Waals surface area contributed by atoms with Gasteiger partial charge in [-0.3, -0.25) is 14.9 Å². The van der Waals surface area contributed by atoms with Crippen LogP contribution in [0.25, 0.3) is 11.3 Å². The Hall–Kier alpha value is -3.48. The number of aromatic nitrogens is 3. The highest BCUT2D eigenvalue weighted by Gasteiger charge is 2.40. The summed E-state index contributed by atoms with van der Waals surface area (Å²) in [6.45, 7) is 5.73. The van der Waals surface area contributed by atoms with E-state index < -0.39 is 0 Å². The minimum absolute atomic E-state index is 0.110. The van der Waals surface area contributed by atoms with Gasteiger partial charge in [-0.1, -0.05) is 0 Å².